The fourth-order valence-electron chi connectivity index (χ4n) is 3.55. The molecule has 2 fully saturated rings. The van der Waals surface area contributed by atoms with Crippen molar-refractivity contribution in [3.63, 3.8) is 0 Å². The SMILES string of the molecule is CCC1CNC(CC)(CC)CN1CCC1CCC1. The minimum Gasteiger partial charge on any atom is -0.308 e. The smallest absolute Gasteiger partial charge is 0.0304 e. The first-order chi connectivity index (χ1) is 8.73. The van der Waals surface area contributed by atoms with E-state index in [9.17, 15) is 0 Å². The van der Waals surface area contributed by atoms with Crippen LogP contribution in [0, 0.1) is 5.92 Å². The van der Waals surface area contributed by atoms with Crippen LogP contribution in [0.1, 0.15) is 65.7 Å². The van der Waals surface area contributed by atoms with Crippen molar-refractivity contribution < 1.29 is 0 Å². The van der Waals surface area contributed by atoms with Gasteiger partial charge in [-0.05, 0) is 38.1 Å². The highest BCUT2D eigenvalue weighted by atomic mass is 15.2. The maximum Gasteiger partial charge on any atom is 0.0304 e. The predicted molar refractivity (Wildman–Crippen MR) is 78.9 cm³/mol. The van der Waals surface area contributed by atoms with Crippen LogP contribution < -0.4 is 5.32 Å². The molecule has 1 N–H and O–H groups in total. The number of piperazine rings is 1. The van der Waals surface area contributed by atoms with E-state index >= 15 is 0 Å². The minimum absolute atomic E-state index is 0.394. The van der Waals surface area contributed by atoms with Gasteiger partial charge in [-0.1, -0.05) is 40.0 Å². The maximum absolute atomic E-state index is 3.84. The van der Waals surface area contributed by atoms with E-state index < -0.39 is 0 Å². The predicted octanol–water partition coefficient (Wildman–Crippen LogP) is 3.42. The van der Waals surface area contributed by atoms with Crippen LogP contribution in [0.2, 0.25) is 0 Å². The normalized spacial score (nSPS) is 29.2. The van der Waals surface area contributed by atoms with Crippen molar-refractivity contribution in [1.82, 2.24) is 10.2 Å². The molecule has 2 aliphatic rings. The molecular weight excluding hydrogens is 220 g/mol. The van der Waals surface area contributed by atoms with Gasteiger partial charge in [0, 0.05) is 24.7 Å². The molecule has 1 saturated carbocycles. The van der Waals surface area contributed by atoms with Gasteiger partial charge < -0.3 is 5.32 Å². The Hall–Kier alpha value is -0.0800. The van der Waals surface area contributed by atoms with Gasteiger partial charge in [0.15, 0.2) is 0 Å². The van der Waals surface area contributed by atoms with Crippen molar-refractivity contribution in [1.29, 1.82) is 0 Å². The van der Waals surface area contributed by atoms with Gasteiger partial charge in [-0.3, -0.25) is 4.90 Å². The lowest BCUT2D eigenvalue weighted by Crippen LogP contribution is -2.63. The van der Waals surface area contributed by atoms with Gasteiger partial charge in [0.1, 0.15) is 0 Å². The third kappa shape index (κ3) is 3.08. The number of hydrogen-bond donors (Lipinski definition) is 1. The molecule has 1 aliphatic carbocycles. The Morgan fingerprint density at radius 3 is 2.39 bits per heavy atom. The van der Waals surface area contributed by atoms with Crippen LogP contribution in [0.25, 0.3) is 0 Å². The second-order valence-electron chi connectivity index (χ2n) is 6.49. The Bertz CT molecular complexity index is 243. The number of hydrogen-bond acceptors (Lipinski definition) is 2. The van der Waals surface area contributed by atoms with Gasteiger partial charge in [-0.15, -0.1) is 0 Å². The molecule has 1 atom stereocenters. The van der Waals surface area contributed by atoms with Crippen LogP contribution in [0.3, 0.4) is 0 Å². The zero-order valence-electron chi connectivity index (χ0n) is 12.7. The second kappa shape index (κ2) is 6.38. The molecule has 0 aromatic rings. The van der Waals surface area contributed by atoms with Crippen LogP contribution in [-0.4, -0.2) is 36.1 Å². The summed E-state index contributed by atoms with van der Waals surface area (Å²) in [5, 5.41) is 3.84. The summed E-state index contributed by atoms with van der Waals surface area (Å²) >= 11 is 0. The molecule has 0 aromatic carbocycles. The first-order valence-electron chi connectivity index (χ1n) is 8.22. The molecule has 0 radical (unpaired) electrons. The molecule has 18 heavy (non-hydrogen) atoms. The van der Waals surface area contributed by atoms with Crippen LogP contribution in [-0.2, 0) is 0 Å². The molecule has 0 spiro atoms. The highest BCUT2D eigenvalue weighted by molar-refractivity contribution is 4.96. The standard InChI is InChI=1S/C16H32N2/c1-4-15-12-17-16(5-2,6-3)13-18(15)11-10-14-8-7-9-14/h14-15,17H,4-13H2,1-3H3. The van der Waals surface area contributed by atoms with Gasteiger partial charge in [-0.25, -0.2) is 0 Å². The molecule has 2 rings (SSSR count). The molecule has 1 heterocycles. The summed E-state index contributed by atoms with van der Waals surface area (Å²) in [5.41, 5.74) is 0.394. The van der Waals surface area contributed by atoms with Gasteiger partial charge in [-0.2, -0.15) is 0 Å². The topological polar surface area (TPSA) is 15.3 Å². The van der Waals surface area contributed by atoms with E-state index in [0.29, 0.717) is 5.54 Å². The summed E-state index contributed by atoms with van der Waals surface area (Å²) in [6, 6.07) is 0.774. The highest BCUT2D eigenvalue weighted by Gasteiger charge is 2.36. The average Bonchev–Trinajstić information content (AvgIpc) is 2.36. The molecule has 1 unspecified atom stereocenters. The maximum atomic E-state index is 3.84. The molecule has 2 heteroatoms. The van der Waals surface area contributed by atoms with E-state index in [0.717, 1.165) is 12.0 Å². The van der Waals surface area contributed by atoms with E-state index in [1.807, 2.05) is 0 Å². The van der Waals surface area contributed by atoms with E-state index in [2.05, 4.69) is 31.0 Å². The van der Waals surface area contributed by atoms with E-state index in [1.54, 1.807) is 0 Å². The van der Waals surface area contributed by atoms with E-state index in [4.69, 9.17) is 0 Å². The molecule has 2 nitrogen and oxygen atoms in total. The quantitative estimate of drug-likeness (QED) is 0.779. The summed E-state index contributed by atoms with van der Waals surface area (Å²) in [7, 11) is 0. The van der Waals surface area contributed by atoms with Crippen molar-refractivity contribution >= 4 is 0 Å². The minimum atomic E-state index is 0.394. The number of nitrogens with one attached hydrogen (secondary N) is 1. The zero-order valence-corrected chi connectivity index (χ0v) is 12.7. The molecule has 106 valence electrons. The lowest BCUT2D eigenvalue weighted by molar-refractivity contribution is 0.0616. The van der Waals surface area contributed by atoms with Crippen LogP contribution in [0.5, 0.6) is 0 Å². The fraction of sp³-hybridized carbons (Fsp3) is 1.00. The first kappa shape index (κ1) is 14.3. The lowest BCUT2D eigenvalue weighted by atomic mass is 9.82. The second-order valence-corrected chi connectivity index (χ2v) is 6.49. The summed E-state index contributed by atoms with van der Waals surface area (Å²) in [5.74, 6) is 1.05. The van der Waals surface area contributed by atoms with Gasteiger partial charge >= 0.3 is 0 Å². The van der Waals surface area contributed by atoms with E-state index in [1.165, 1.54) is 64.6 Å². The Morgan fingerprint density at radius 2 is 1.89 bits per heavy atom. The van der Waals surface area contributed by atoms with Gasteiger partial charge in [0.2, 0.25) is 0 Å². The van der Waals surface area contributed by atoms with Crippen molar-refractivity contribution in [3.05, 3.63) is 0 Å². The van der Waals surface area contributed by atoms with Crippen molar-refractivity contribution in [2.24, 2.45) is 5.92 Å². The summed E-state index contributed by atoms with van der Waals surface area (Å²) < 4.78 is 0. The molecule has 0 bridgehead atoms. The average molecular weight is 252 g/mol. The lowest BCUT2D eigenvalue weighted by Gasteiger charge is -2.48. The van der Waals surface area contributed by atoms with Gasteiger partial charge in [0.25, 0.3) is 0 Å². The van der Waals surface area contributed by atoms with Crippen LogP contribution in [0.15, 0.2) is 0 Å². The van der Waals surface area contributed by atoms with Crippen molar-refractivity contribution in [2.75, 3.05) is 19.6 Å². The van der Waals surface area contributed by atoms with Crippen molar-refractivity contribution in [2.45, 2.75) is 77.3 Å². The van der Waals surface area contributed by atoms with E-state index in [-0.39, 0.29) is 0 Å². The molecule has 0 aromatic heterocycles. The molecular formula is C16H32N2. The Balaban J connectivity index is 1.89. The Kier molecular flexibility index (Phi) is 5.08. The monoisotopic (exact) mass is 252 g/mol. The summed E-state index contributed by atoms with van der Waals surface area (Å²) in [6.07, 6.45) is 9.74. The summed E-state index contributed by atoms with van der Waals surface area (Å²) in [6.45, 7) is 10.8. The molecule has 1 saturated heterocycles. The zero-order chi connectivity index (χ0) is 13.0. The van der Waals surface area contributed by atoms with Crippen LogP contribution >= 0.6 is 0 Å². The summed E-state index contributed by atoms with van der Waals surface area (Å²) in [4.78, 5) is 2.79. The van der Waals surface area contributed by atoms with Gasteiger partial charge in [0.05, 0.1) is 0 Å². The molecule has 0 amide bonds. The number of rotatable bonds is 6. The highest BCUT2D eigenvalue weighted by Crippen LogP contribution is 2.31. The Morgan fingerprint density at radius 1 is 1.17 bits per heavy atom. The largest absolute Gasteiger partial charge is 0.308 e. The number of nitrogens with zero attached hydrogens (tertiary/aromatic N) is 1. The van der Waals surface area contributed by atoms with Crippen LogP contribution in [0.4, 0.5) is 0 Å². The van der Waals surface area contributed by atoms with Crippen molar-refractivity contribution in [3.8, 4) is 0 Å². The fourth-order valence-corrected chi connectivity index (χ4v) is 3.55. The molecule has 1 aliphatic heterocycles. The Labute approximate surface area is 114 Å². The third-order valence-electron chi connectivity index (χ3n) is 5.61. The third-order valence-corrected chi connectivity index (χ3v) is 5.61. The first-order valence-corrected chi connectivity index (χ1v) is 8.22.